The van der Waals surface area contributed by atoms with E-state index in [0.717, 1.165) is 16.3 Å². The van der Waals surface area contributed by atoms with Gasteiger partial charge in [-0.25, -0.2) is 4.98 Å². The van der Waals surface area contributed by atoms with Crippen molar-refractivity contribution in [3.05, 3.63) is 34.3 Å². The van der Waals surface area contributed by atoms with Crippen LogP contribution in [0.25, 0.3) is 10.6 Å². The summed E-state index contributed by atoms with van der Waals surface area (Å²) in [6.45, 7) is -0.0767. The van der Waals surface area contributed by atoms with Gasteiger partial charge in [0.15, 0.2) is 0 Å². The van der Waals surface area contributed by atoms with Crippen LogP contribution in [0.2, 0.25) is 5.15 Å². The van der Waals surface area contributed by atoms with Gasteiger partial charge < -0.3 is 9.84 Å². The van der Waals surface area contributed by atoms with E-state index >= 15 is 0 Å². The number of benzene rings is 1. The van der Waals surface area contributed by atoms with Gasteiger partial charge in [-0.05, 0) is 24.3 Å². The van der Waals surface area contributed by atoms with Gasteiger partial charge in [-0.2, -0.15) is 0 Å². The fraction of sp³-hybridized carbons (Fsp3) is 0.182. The molecule has 0 atom stereocenters. The van der Waals surface area contributed by atoms with Gasteiger partial charge >= 0.3 is 0 Å². The van der Waals surface area contributed by atoms with Crippen LogP contribution in [0, 0.1) is 0 Å². The molecule has 3 nitrogen and oxygen atoms in total. The van der Waals surface area contributed by atoms with E-state index in [1.807, 2.05) is 24.3 Å². The molecule has 1 N–H and O–H groups in total. The number of ether oxygens (including phenoxy) is 1. The minimum atomic E-state index is -0.0767. The Hall–Kier alpha value is -1.10. The lowest BCUT2D eigenvalue weighted by molar-refractivity contribution is 0.285. The number of hydrogen-bond acceptors (Lipinski definition) is 4. The van der Waals surface area contributed by atoms with Gasteiger partial charge in [-0.1, -0.05) is 11.6 Å². The Bertz CT molecular complexity index is 481. The molecule has 0 aliphatic rings. The Morgan fingerprint density at radius 3 is 2.56 bits per heavy atom. The first-order valence-electron chi connectivity index (χ1n) is 4.65. The van der Waals surface area contributed by atoms with Crippen molar-refractivity contribution < 1.29 is 9.84 Å². The largest absolute Gasteiger partial charge is 0.497 e. The third kappa shape index (κ3) is 2.19. The number of aromatic nitrogens is 1. The molecule has 0 bridgehead atoms. The zero-order chi connectivity index (χ0) is 11.5. The Kier molecular flexibility index (Phi) is 3.43. The van der Waals surface area contributed by atoms with Crippen LogP contribution in [0.3, 0.4) is 0 Å². The van der Waals surface area contributed by atoms with Crippen LogP contribution in [0.1, 0.15) is 4.88 Å². The summed E-state index contributed by atoms with van der Waals surface area (Å²) in [7, 11) is 1.62. The highest BCUT2D eigenvalue weighted by molar-refractivity contribution is 7.15. The van der Waals surface area contributed by atoms with E-state index in [9.17, 15) is 0 Å². The van der Waals surface area contributed by atoms with Gasteiger partial charge in [0, 0.05) is 5.56 Å². The Morgan fingerprint density at radius 2 is 2.06 bits per heavy atom. The second-order valence-corrected chi connectivity index (χ2v) is 4.56. The van der Waals surface area contributed by atoms with E-state index in [1.54, 1.807) is 7.11 Å². The molecule has 0 aliphatic heterocycles. The smallest absolute Gasteiger partial charge is 0.146 e. The molecule has 0 saturated carbocycles. The quantitative estimate of drug-likeness (QED) is 0.917. The van der Waals surface area contributed by atoms with Crippen LogP contribution < -0.4 is 4.74 Å². The van der Waals surface area contributed by atoms with Crippen LogP contribution in [0.4, 0.5) is 0 Å². The first kappa shape index (κ1) is 11.4. The third-order valence-corrected chi connectivity index (χ3v) is 3.64. The van der Waals surface area contributed by atoms with Crippen molar-refractivity contribution in [2.75, 3.05) is 7.11 Å². The molecule has 5 heteroatoms. The Balaban J connectivity index is 2.34. The zero-order valence-corrected chi connectivity index (χ0v) is 10.2. The van der Waals surface area contributed by atoms with Crippen LogP contribution in [-0.4, -0.2) is 17.2 Å². The predicted octanol–water partition coefficient (Wildman–Crippen LogP) is 2.96. The number of thiazole rings is 1. The minimum absolute atomic E-state index is 0.0767. The van der Waals surface area contributed by atoms with Crippen molar-refractivity contribution in [3.8, 4) is 16.3 Å². The summed E-state index contributed by atoms with van der Waals surface area (Å²) in [4.78, 5) is 4.88. The second kappa shape index (κ2) is 4.82. The molecule has 2 aromatic rings. The van der Waals surface area contributed by atoms with E-state index in [1.165, 1.54) is 11.3 Å². The molecular weight excluding hydrogens is 246 g/mol. The number of aliphatic hydroxyl groups excluding tert-OH is 1. The molecular formula is C11H10ClNO2S. The highest BCUT2D eigenvalue weighted by Crippen LogP contribution is 2.31. The number of methoxy groups -OCH3 is 1. The maximum absolute atomic E-state index is 9.03. The van der Waals surface area contributed by atoms with Crippen molar-refractivity contribution in [2.24, 2.45) is 0 Å². The van der Waals surface area contributed by atoms with Gasteiger partial charge in [0.2, 0.25) is 0 Å². The van der Waals surface area contributed by atoms with Crippen molar-refractivity contribution in [1.82, 2.24) is 4.98 Å². The van der Waals surface area contributed by atoms with Crippen LogP contribution in [0.5, 0.6) is 5.75 Å². The standard InChI is InChI=1S/C11H10ClNO2S/c1-15-8-4-2-7(3-5-8)11-13-10(12)9(6-14)16-11/h2-5,14H,6H2,1H3. The summed E-state index contributed by atoms with van der Waals surface area (Å²) < 4.78 is 5.07. The summed E-state index contributed by atoms with van der Waals surface area (Å²) in [6, 6.07) is 7.55. The number of halogens is 1. The fourth-order valence-corrected chi connectivity index (χ4v) is 2.42. The van der Waals surface area contributed by atoms with Crippen LogP contribution >= 0.6 is 22.9 Å². The van der Waals surface area contributed by atoms with E-state index in [4.69, 9.17) is 21.4 Å². The summed E-state index contributed by atoms with van der Waals surface area (Å²) in [6.07, 6.45) is 0. The van der Waals surface area contributed by atoms with E-state index in [2.05, 4.69) is 4.98 Å². The second-order valence-electron chi connectivity index (χ2n) is 3.12. The lowest BCUT2D eigenvalue weighted by atomic mass is 10.2. The topological polar surface area (TPSA) is 42.4 Å². The molecule has 0 spiro atoms. The van der Waals surface area contributed by atoms with Crippen molar-refractivity contribution in [3.63, 3.8) is 0 Å². The number of rotatable bonds is 3. The summed E-state index contributed by atoms with van der Waals surface area (Å²) in [5, 5.41) is 10.2. The van der Waals surface area contributed by atoms with E-state index < -0.39 is 0 Å². The molecule has 0 fully saturated rings. The van der Waals surface area contributed by atoms with Gasteiger partial charge in [0.25, 0.3) is 0 Å². The monoisotopic (exact) mass is 255 g/mol. The molecule has 1 aromatic carbocycles. The fourth-order valence-electron chi connectivity index (χ4n) is 1.29. The molecule has 0 radical (unpaired) electrons. The number of hydrogen-bond donors (Lipinski definition) is 1. The Labute approximate surface area is 102 Å². The maximum atomic E-state index is 9.03. The average molecular weight is 256 g/mol. The number of nitrogens with zero attached hydrogens (tertiary/aromatic N) is 1. The molecule has 1 aromatic heterocycles. The molecule has 0 saturated heterocycles. The maximum Gasteiger partial charge on any atom is 0.146 e. The lowest BCUT2D eigenvalue weighted by Crippen LogP contribution is -1.82. The summed E-state index contributed by atoms with van der Waals surface area (Å²) in [5.74, 6) is 0.800. The predicted molar refractivity (Wildman–Crippen MR) is 65.0 cm³/mol. The SMILES string of the molecule is COc1ccc(-c2nc(Cl)c(CO)s2)cc1. The molecule has 84 valence electrons. The molecule has 16 heavy (non-hydrogen) atoms. The van der Waals surface area contributed by atoms with Crippen molar-refractivity contribution in [2.45, 2.75) is 6.61 Å². The van der Waals surface area contributed by atoms with Gasteiger partial charge in [-0.3, -0.25) is 0 Å². The van der Waals surface area contributed by atoms with Crippen molar-refractivity contribution >= 4 is 22.9 Å². The van der Waals surface area contributed by atoms with Gasteiger partial charge in [0.05, 0.1) is 18.6 Å². The normalized spacial score (nSPS) is 10.4. The van der Waals surface area contributed by atoms with Crippen LogP contribution in [0.15, 0.2) is 24.3 Å². The van der Waals surface area contributed by atoms with Gasteiger partial charge in [0.1, 0.15) is 15.9 Å². The first-order chi connectivity index (χ1) is 7.74. The highest BCUT2D eigenvalue weighted by Gasteiger charge is 2.09. The van der Waals surface area contributed by atoms with Gasteiger partial charge in [-0.15, -0.1) is 11.3 Å². The Morgan fingerprint density at radius 1 is 1.38 bits per heavy atom. The van der Waals surface area contributed by atoms with Crippen LogP contribution in [-0.2, 0) is 6.61 Å². The lowest BCUT2D eigenvalue weighted by Gasteiger charge is -1.99. The zero-order valence-electron chi connectivity index (χ0n) is 8.61. The third-order valence-electron chi connectivity index (χ3n) is 2.13. The van der Waals surface area contributed by atoms with Crippen molar-refractivity contribution in [1.29, 1.82) is 0 Å². The molecule has 1 heterocycles. The summed E-state index contributed by atoms with van der Waals surface area (Å²) in [5.41, 5.74) is 0.965. The molecule has 2 rings (SSSR count). The van der Waals surface area contributed by atoms with E-state index in [-0.39, 0.29) is 6.61 Å². The highest BCUT2D eigenvalue weighted by atomic mass is 35.5. The molecule has 0 aliphatic carbocycles. The first-order valence-corrected chi connectivity index (χ1v) is 5.84. The summed E-state index contributed by atoms with van der Waals surface area (Å²) >= 11 is 7.26. The van der Waals surface area contributed by atoms with E-state index in [0.29, 0.717) is 10.0 Å². The number of aliphatic hydroxyl groups is 1. The minimum Gasteiger partial charge on any atom is -0.497 e. The molecule has 0 amide bonds. The average Bonchev–Trinajstić information content (AvgIpc) is 2.71. The molecule has 0 unspecified atom stereocenters.